The smallest absolute Gasteiger partial charge is 0.335 e. The van der Waals surface area contributed by atoms with Crippen LogP contribution < -0.4 is 5.73 Å². The zero-order chi connectivity index (χ0) is 11.4. The van der Waals surface area contributed by atoms with E-state index in [9.17, 15) is 4.79 Å². The number of amides is 2. The van der Waals surface area contributed by atoms with E-state index in [1.54, 1.807) is 0 Å². The summed E-state index contributed by atoms with van der Waals surface area (Å²) in [4.78, 5) is 10.8. The second-order valence-electron chi connectivity index (χ2n) is 3.55. The largest absolute Gasteiger partial charge is 0.350 e. The van der Waals surface area contributed by atoms with Crippen LogP contribution in [0.1, 0.15) is 12.0 Å². The third-order valence-corrected chi connectivity index (χ3v) is 2.35. The summed E-state index contributed by atoms with van der Waals surface area (Å²) < 4.78 is 0. The van der Waals surface area contributed by atoms with Gasteiger partial charge in [-0.3, -0.25) is 0 Å². The summed E-state index contributed by atoms with van der Waals surface area (Å²) in [5.41, 5.74) is 7.11. The molecule has 0 atom stereocenters. The molecule has 0 unspecified atom stereocenters. The number of hydrazone groups is 1. The first-order valence-electron chi connectivity index (χ1n) is 5.13. The Morgan fingerprint density at radius 1 is 1.31 bits per heavy atom. The molecule has 1 aliphatic heterocycles. The molecule has 1 aromatic carbocycles. The van der Waals surface area contributed by atoms with E-state index in [0.29, 0.717) is 6.54 Å². The van der Waals surface area contributed by atoms with E-state index in [4.69, 9.17) is 5.73 Å². The maximum atomic E-state index is 10.8. The highest BCUT2D eigenvalue weighted by molar-refractivity contribution is 6.00. The number of benzene rings is 1. The number of nitrogens with two attached hydrogens (primary N) is 1. The van der Waals surface area contributed by atoms with Gasteiger partial charge in [-0.25, -0.2) is 9.80 Å². The van der Waals surface area contributed by atoms with Crippen LogP contribution in [0.2, 0.25) is 0 Å². The topological polar surface area (TPSA) is 58.7 Å². The van der Waals surface area contributed by atoms with Gasteiger partial charge in [0.05, 0.1) is 12.3 Å². The van der Waals surface area contributed by atoms with E-state index in [0.717, 1.165) is 17.7 Å². The van der Waals surface area contributed by atoms with Crippen molar-refractivity contribution in [2.45, 2.75) is 6.42 Å². The van der Waals surface area contributed by atoms with E-state index < -0.39 is 6.03 Å². The van der Waals surface area contributed by atoms with Crippen molar-refractivity contribution < 1.29 is 4.79 Å². The van der Waals surface area contributed by atoms with Gasteiger partial charge >= 0.3 is 6.03 Å². The molecule has 0 radical (unpaired) electrons. The van der Waals surface area contributed by atoms with Crippen LogP contribution in [0.5, 0.6) is 0 Å². The van der Waals surface area contributed by atoms with Crippen LogP contribution in [-0.2, 0) is 0 Å². The van der Waals surface area contributed by atoms with Crippen molar-refractivity contribution in [3.63, 3.8) is 0 Å². The Kier molecular flexibility index (Phi) is 3.00. The first-order chi connectivity index (χ1) is 7.75. The first-order valence-corrected chi connectivity index (χ1v) is 5.13. The average Bonchev–Trinajstić information content (AvgIpc) is 2.76. The van der Waals surface area contributed by atoms with Gasteiger partial charge in [0.1, 0.15) is 0 Å². The van der Waals surface area contributed by atoms with Crippen LogP contribution >= 0.6 is 0 Å². The Morgan fingerprint density at radius 3 is 2.69 bits per heavy atom. The fourth-order valence-corrected chi connectivity index (χ4v) is 1.51. The molecular weight excluding hydrogens is 202 g/mol. The van der Waals surface area contributed by atoms with Gasteiger partial charge < -0.3 is 5.73 Å². The van der Waals surface area contributed by atoms with Crippen LogP contribution in [0.4, 0.5) is 4.79 Å². The summed E-state index contributed by atoms with van der Waals surface area (Å²) in [5, 5.41) is 5.37. The molecule has 2 amide bonds. The first kappa shape index (κ1) is 10.4. The second-order valence-corrected chi connectivity index (χ2v) is 3.55. The molecule has 1 aromatic rings. The zero-order valence-corrected chi connectivity index (χ0v) is 8.84. The lowest BCUT2D eigenvalue weighted by Gasteiger charge is -2.04. The molecule has 0 bridgehead atoms. The Morgan fingerprint density at radius 2 is 2.06 bits per heavy atom. The van der Waals surface area contributed by atoms with Crippen molar-refractivity contribution in [1.29, 1.82) is 0 Å². The lowest BCUT2D eigenvalue weighted by Crippen LogP contribution is -2.29. The molecule has 1 aliphatic rings. The molecule has 2 N–H and O–H groups in total. The maximum Gasteiger partial charge on any atom is 0.335 e. The van der Waals surface area contributed by atoms with Crippen LogP contribution in [0.15, 0.2) is 41.5 Å². The zero-order valence-electron chi connectivity index (χ0n) is 8.84. The van der Waals surface area contributed by atoms with E-state index in [1.165, 1.54) is 5.01 Å². The van der Waals surface area contributed by atoms with Crippen molar-refractivity contribution in [3.8, 4) is 0 Å². The molecule has 16 heavy (non-hydrogen) atoms. The molecule has 2 rings (SSSR count). The molecule has 4 nitrogen and oxygen atoms in total. The van der Waals surface area contributed by atoms with Crippen LogP contribution in [0, 0.1) is 0 Å². The predicted octanol–water partition coefficient (Wildman–Crippen LogP) is 1.84. The summed E-state index contributed by atoms with van der Waals surface area (Å²) in [6, 6.07) is 9.45. The highest BCUT2D eigenvalue weighted by Gasteiger charge is 2.15. The standard InChI is InChI=1S/C12H13N3O/c13-12(16)15-9-8-11(14-15)7-6-10-4-2-1-3-5-10/h1-7H,8-9H2,(H2,13,16)/b7-6+. The minimum absolute atomic E-state index is 0.497. The Hall–Kier alpha value is -2.10. The Bertz CT molecular complexity index is 437. The highest BCUT2D eigenvalue weighted by Crippen LogP contribution is 2.08. The molecule has 0 spiro atoms. The van der Waals surface area contributed by atoms with Crippen molar-refractivity contribution >= 4 is 17.8 Å². The van der Waals surface area contributed by atoms with Gasteiger partial charge in [0, 0.05) is 6.42 Å². The number of hydrogen-bond acceptors (Lipinski definition) is 2. The molecule has 0 fully saturated rings. The van der Waals surface area contributed by atoms with E-state index in [2.05, 4.69) is 5.10 Å². The van der Waals surface area contributed by atoms with Crippen molar-refractivity contribution in [2.24, 2.45) is 10.8 Å². The summed E-state index contributed by atoms with van der Waals surface area (Å²) in [6.07, 6.45) is 4.65. The molecule has 82 valence electrons. The number of allylic oxidation sites excluding steroid dienone is 1. The third-order valence-electron chi connectivity index (χ3n) is 2.35. The minimum Gasteiger partial charge on any atom is -0.350 e. The number of primary amides is 1. The quantitative estimate of drug-likeness (QED) is 0.804. The van der Waals surface area contributed by atoms with E-state index in [-0.39, 0.29) is 0 Å². The number of rotatable bonds is 2. The van der Waals surface area contributed by atoms with Crippen molar-refractivity contribution in [3.05, 3.63) is 42.0 Å². The molecule has 0 saturated carbocycles. The van der Waals surface area contributed by atoms with Crippen LogP contribution in [0.25, 0.3) is 6.08 Å². The molecule has 0 aromatic heterocycles. The van der Waals surface area contributed by atoms with Crippen LogP contribution in [-0.4, -0.2) is 23.3 Å². The van der Waals surface area contributed by atoms with Crippen molar-refractivity contribution in [1.82, 2.24) is 5.01 Å². The van der Waals surface area contributed by atoms with Gasteiger partial charge in [0.25, 0.3) is 0 Å². The molecule has 1 heterocycles. The van der Waals surface area contributed by atoms with Gasteiger partial charge in [-0.2, -0.15) is 5.10 Å². The second kappa shape index (κ2) is 4.61. The molecular formula is C12H13N3O. The predicted molar refractivity (Wildman–Crippen MR) is 63.8 cm³/mol. The van der Waals surface area contributed by atoms with E-state index in [1.807, 2.05) is 42.5 Å². The summed E-state index contributed by atoms with van der Waals surface area (Å²) in [7, 11) is 0. The number of carbonyl (C=O) groups excluding carboxylic acids is 1. The number of carbonyl (C=O) groups is 1. The third kappa shape index (κ3) is 2.48. The number of hydrogen-bond donors (Lipinski definition) is 1. The minimum atomic E-state index is -0.497. The summed E-state index contributed by atoms with van der Waals surface area (Å²) >= 11 is 0. The Labute approximate surface area is 94.1 Å². The van der Waals surface area contributed by atoms with Gasteiger partial charge in [0.15, 0.2) is 0 Å². The lowest BCUT2D eigenvalue weighted by molar-refractivity contribution is 0.215. The van der Waals surface area contributed by atoms with Crippen LogP contribution in [0.3, 0.4) is 0 Å². The van der Waals surface area contributed by atoms with Gasteiger partial charge in [-0.05, 0) is 11.6 Å². The van der Waals surface area contributed by atoms with Gasteiger partial charge in [-0.15, -0.1) is 0 Å². The van der Waals surface area contributed by atoms with Crippen molar-refractivity contribution in [2.75, 3.05) is 6.54 Å². The highest BCUT2D eigenvalue weighted by atomic mass is 16.2. The fourth-order valence-electron chi connectivity index (χ4n) is 1.51. The average molecular weight is 215 g/mol. The fraction of sp³-hybridized carbons (Fsp3) is 0.167. The normalized spacial score (nSPS) is 15.5. The molecule has 0 saturated heterocycles. The molecule has 4 heteroatoms. The lowest BCUT2D eigenvalue weighted by atomic mass is 10.2. The van der Waals surface area contributed by atoms with Gasteiger partial charge in [0.2, 0.25) is 0 Å². The Balaban J connectivity index is 2.04. The molecule has 0 aliphatic carbocycles. The van der Waals surface area contributed by atoms with E-state index >= 15 is 0 Å². The SMILES string of the molecule is NC(=O)N1CCC(/C=C/c2ccccc2)=N1. The maximum absolute atomic E-state index is 10.8. The number of nitrogens with zero attached hydrogens (tertiary/aromatic N) is 2. The summed E-state index contributed by atoms with van der Waals surface area (Å²) in [5.74, 6) is 0. The van der Waals surface area contributed by atoms with Gasteiger partial charge in [-0.1, -0.05) is 36.4 Å². The monoisotopic (exact) mass is 215 g/mol. The number of urea groups is 1. The summed E-state index contributed by atoms with van der Waals surface area (Å²) in [6.45, 7) is 0.573.